The average Bonchev–Trinajstić information content (AvgIpc) is 2.88. The highest BCUT2D eigenvalue weighted by molar-refractivity contribution is 5.44. The lowest BCUT2D eigenvalue weighted by Crippen LogP contribution is -2.37. The van der Waals surface area contributed by atoms with Gasteiger partial charge in [0, 0.05) is 30.5 Å². The second kappa shape index (κ2) is 4.93. The predicted molar refractivity (Wildman–Crippen MR) is 86.7 cm³/mol. The number of rotatable bonds is 1. The van der Waals surface area contributed by atoms with E-state index in [1.807, 2.05) is 18.2 Å². The molecule has 5 heteroatoms. The van der Waals surface area contributed by atoms with E-state index in [0.717, 1.165) is 24.6 Å². The zero-order valence-electron chi connectivity index (χ0n) is 13.4. The van der Waals surface area contributed by atoms with Gasteiger partial charge in [0.25, 0.3) is 0 Å². The van der Waals surface area contributed by atoms with Crippen LogP contribution in [0.3, 0.4) is 0 Å². The minimum absolute atomic E-state index is 0.260. The van der Waals surface area contributed by atoms with Gasteiger partial charge in [-0.1, -0.05) is 25.1 Å². The number of hydrogen-bond donors (Lipinski definition) is 0. The van der Waals surface area contributed by atoms with Crippen LogP contribution in [0.15, 0.2) is 47.9 Å². The number of likely N-dealkylation sites (N-methyl/N-ethyl adjacent to an activating group) is 1. The van der Waals surface area contributed by atoms with E-state index in [9.17, 15) is 10.1 Å². The lowest BCUT2D eigenvalue weighted by Gasteiger charge is -2.37. The Kier molecular flexibility index (Phi) is 3.10. The van der Waals surface area contributed by atoms with E-state index in [1.165, 1.54) is 5.56 Å². The van der Waals surface area contributed by atoms with Gasteiger partial charge in [-0.3, -0.25) is 10.1 Å². The topological polar surface area (TPSA) is 55.6 Å². The maximum Gasteiger partial charge on any atom is 0.247 e. The number of allylic oxidation sites excluding steroid dienone is 4. The minimum Gasteiger partial charge on any atom is -0.461 e. The molecule has 1 unspecified atom stereocenters. The molecule has 0 saturated carbocycles. The van der Waals surface area contributed by atoms with Gasteiger partial charge in [0.05, 0.1) is 11.3 Å². The van der Waals surface area contributed by atoms with Crippen LogP contribution in [0.25, 0.3) is 0 Å². The van der Waals surface area contributed by atoms with E-state index < -0.39 is 0 Å². The molecule has 23 heavy (non-hydrogen) atoms. The Labute approximate surface area is 135 Å². The molecule has 3 aliphatic rings. The summed E-state index contributed by atoms with van der Waals surface area (Å²) >= 11 is 0. The molecular weight excluding hydrogens is 292 g/mol. The lowest BCUT2D eigenvalue weighted by molar-refractivity contribution is -0.430. The summed E-state index contributed by atoms with van der Waals surface area (Å²) in [6, 6.07) is 8.17. The molecule has 1 fully saturated rings. The van der Waals surface area contributed by atoms with Gasteiger partial charge in [-0.05, 0) is 30.7 Å². The molecule has 1 aromatic carbocycles. The maximum absolute atomic E-state index is 11.3. The van der Waals surface area contributed by atoms with Crippen molar-refractivity contribution in [3.05, 3.63) is 63.6 Å². The van der Waals surface area contributed by atoms with Crippen LogP contribution in [0.4, 0.5) is 0 Å². The number of nitro groups is 1. The number of nitrogens with zero attached hydrogens (tertiary/aromatic N) is 2. The first-order chi connectivity index (χ1) is 11.0. The largest absolute Gasteiger partial charge is 0.461 e. The summed E-state index contributed by atoms with van der Waals surface area (Å²) in [5, 5.41) is 11.3. The number of likely N-dealkylation sites (tertiary alicyclic amines) is 1. The van der Waals surface area contributed by atoms with Crippen molar-refractivity contribution in [2.75, 3.05) is 20.1 Å². The SMILES string of the molecule is CN1C[C@@H]2c3ccccc3OC3=CC=C([N+](=O)[O-])CC3(C)[C@H]2C1. The van der Waals surface area contributed by atoms with Gasteiger partial charge in [0.2, 0.25) is 5.70 Å². The number of fused-ring (bicyclic) bond motifs is 5. The van der Waals surface area contributed by atoms with E-state index in [1.54, 1.807) is 12.2 Å². The molecular formula is C18H20N2O3. The summed E-state index contributed by atoms with van der Waals surface area (Å²) < 4.78 is 6.24. The molecule has 0 N–H and O–H groups in total. The third-order valence-corrected chi connectivity index (χ3v) is 5.63. The van der Waals surface area contributed by atoms with Gasteiger partial charge >= 0.3 is 0 Å². The second-order valence-corrected chi connectivity index (χ2v) is 7.11. The van der Waals surface area contributed by atoms with Gasteiger partial charge in [-0.25, -0.2) is 0 Å². The van der Waals surface area contributed by atoms with Crippen LogP contribution < -0.4 is 4.74 Å². The number of ether oxygens (including phenoxy) is 1. The molecule has 4 rings (SSSR count). The number of benzene rings is 1. The monoisotopic (exact) mass is 312 g/mol. The molecule has 0 aromatic heterocycles. The van der Waals surface area contributed by atoms with Crippen LogP contribution >= 0.6 is 0 Å². The molecule has 0 spiro atoms. The molecule has 0 radical (unpaired) electrons. The van der Waals surface area contributed by atoms with E-state index >= 15 is 0 Å². The van der Waals surface area contributed by atoms with Gasteiger partial charge in [-0.2, -0.15) is 0 Å². The predicted octanol–water partition coefficient (Wildman–Crippen LogP) is 3.18. The third kappa shape index (κ3) is 2.10. The van der Waals surface area contributed by atoms with Crippen molar-refractivity contribution >= 4 is 0 Å². The molecule has 1 saturated heterocycles. The van der Waals surface area contributed by atoms with Crippen LogP contribution in [-0.4, -0.2) is 30.0 Å². The van der Waals surface area contributed by atoms with Crippen molar-refractivity contribution in [3.63, 3.8) is 0 Å². The fourth-order valence-corrected chi connectivity index (χ4v) is 4.43. The molecule has 120 valence electrons. The molecule has 5 nitrogen and oxygen atoms in total. The van der Waals surface area contributed by atoms with E-state index in [4.69, 9.17) is 4.74 Å². The van der Waals surface area contributed by atoms with Gasteiger partial charge < -0.3 is 9.64 Å². The Bertz CT molecular complexity index is 740. The van der Waals surface area contributed by atoms with Crippen LogP contribution in [0, 0.1) is 21.4 Å². The first kappa shape index (κ1) is 14.5. The van der Waals surface area contributed by atoms with Gasteiger partial charge in [-0.15, -0.1) is 0 Å². The van der Waals surface area contributed by atoms with E-state index in [2.05, 4.69) is 24.9 Å². The van der Waals surface area contributed by atoms with Crippen molar-refractivity contribution in [2.24, 2.45) is 11.3 Å². The Morgan fingerprint density at radius 1 is 1.30 bits per heavy atom. The van der Waals surface area contributed by atoms with Crippen LogP contribution in [0.2, 0.25) is 0 Å². The lowest BCUT2D eigenvalue weighted by atomic mass is 9.66. The van der Waals surface area contributed by atoms with Crippen molar-refractivity contribution in [2.45, 2.75) is 19.3 Å². The zero-order valence-corrected chi connectivity index (χ0v) is 13.4. The molecule has 2 aliphatic heterocycles. The molecule has 1 aromatic rings. The Balaban J connectivity index is 1.87. The van der Waals surface area contributed by atoms with Crippen LogP contribution in [-0.2, 0) is 0 Å². The van der Waals surface area contributed by atoms with E-state index in [0.29, 0.717) is 18.3 Å². The standard InChI is InChI=1S/C18H20N2O3/c1-18-9-12(20(21)22)7-8-17(18)23-16-6-4-3-5-13(16)14-10-19(2)11-15(14)18/h3-8,14-15H,9-11H2,1-2H3/t14-,15+,18?/m1/s1. The normalized spacial score (nSPS) is 32.6. The van der Waals surface area contributed by atoms with Crippen molar-refractivity contribution in [1.82, 2.24) is 4.90 Å². The molecule has 1 aliphatic carbocycles. The molecule has 0 amide bonds. The van der Waals surface area contributed by atoms with E-state index in [-0.39, 0.29) is 16.0 Å². The Hall–Kier alpha value is -2.14. The quantitative estimate of drug-likeness (QED) is 0.590. The zero-order chi connectivity index (χ0) is 16.2. The summed E-state index contributed by atoms with van der Waals surface area (Å²) in [4.78, 5) is 13.4. The first-order valence-corrected chi connectivity index (χ1v) is 8.00. The highest BCUT2D eigenvalue weighted by Gasteiger charge is 2.52. The van der Waals surface area contributed by atoms with Gasteiger partial charge in [0.15, 0.2) is 0 Å². The fraction of sp³-hybridized carbons (Fsp3) is 0.444. The highest BCUT2D eigenvalue weighted by Crippen LogP contribution is 2.55. The van der Waals surface area contributed by atoms with Crippen LogP contribution in [0.5, 0.6) is 5.75 Å². The summed E-state index contributed by atoms with van der Waals surface area (Å²) in [6.07, 6.45) is 3.83. The van der Waals surface area contributed by atoms with Gasteiger partial charge in [0.1, 0.15) is 11.5 Å². The molecule has 0 bridgehead atoms. The van der Waals surface area contributed by atoms with Crippen molar-refractivity contribution in [1.29, 1.82) is 0 Å². The van der Waals surface area contributed by atoms with Crippen molar-refractivity contribution in [3.8, 4) is 5.75 Å². The molecule has 3 atom stereocenters. The average molecular weight is 312 g/mol. The summed E-state index contributed by atoms with van der Waals surface area (Å²) in [6.45, 7) is 4.02. The molecule has 2 heterocycles. The summed E-state index contributed by atoms with van der Waals surface area (Å²) in [5.74, 6) is 2.41. The Morgan fingerprint density at radius 2 is 2.09 bits per heavy atom. The third-order valence-electron chi connectivity index (χ3n) is 5.63. The minimum atomic E-state index is -0.342. The Morgan fingerprint density at radius 3 is 2.87 bits per heavy atom. The summed E-state index contributed by atoms with van der Waals surface area (Å²) in [7, 11) is 2.12. The highest BCUT2D eigenvalue weighted by atomic mass is 16.6. The second-order valence-electron chi connectivity index (χ2n) is 7.11. The maximum atomic E-state index is 11.3. The summed E-state index contributed by atoms with van der Waals surface area (Å²) in [5.41, 5.74) is 1.16. The number of para-hydroxylation sites is 1. The van der Waals surface area contributed by atoms with Crippen LogP contribution in [0.1, 0.15) is 24.8 Å². The van der Waals surface area contributed by atoms with Crippen molar-refractivity contribution < 1.29 is 9.66 Å². The number of hydrogen-bond acceptors (Lipinski definition) is 4. The first-order valence-electron chi connectivity index (χ1n) is 8.00. The smallest absolute Gasteiger partial charge is 0.247 e. The fourth-order valence-electron chi connectivity index (χ4n) is 4.43.